The van der Waals surface area contributed by atoms with Crippen LogP contribution < -0.4 is 10.9 Å². The number of aromatic amines is 2. The van der Waals surface area contributed by atoms with Crippen LogP contribution in [0.5, 0.6) is 0 Å². The molecule has 0 bridgehead atoms. The smallest absolute Gasteiger partial charge is 0.260 e. The molecule has 6 heteroatoms. The van der Waals surface area contributed by atoms with Crippen molar-refractivity contribution >= 4 is 5.91 Å². The molecule has 0 fully saturated rings. The van der Waals surface area contributed by atoms with Gasteiger partial charge in [0.05, 0.1) is 18.6 Å². The van der Waals surface area contributed by atoms with Crippen molar-refractivity contribution in [2.45, 2.75) is 6.54 Å². The standard InChI is InChI=1S/C10H10N4O2/c15-9-8(2-1-3-12-9)10(16)13-5-7-4-11-6-14-7/h1-4,6H,5H2,(H,11,14)(H,12,15)(H,13,16). The van der Waals surface area contributed by atoms with E-state index in [4.69, 9.17) is 0 Å². The Morgan fingerprint density at radius 1 is 1.44 bits per heavy atom. The molecule has 6 nitrogen and oxygen atoms in total. The molecule has 0 radical (unpaired) electrons. The molecule has 0 aromatic carbocycles. The summed E-state index contributed by atoms with van der Waals surface area (Å²) in [6, 6.07) is 3.08. The quantitative estimate of drug-likeness (QED) is 0.678. The molecule has 2 rings (SSSR count). The Morgan fingerprint density at radius 2 is 2.31 bits per heavy atom. The average molecular weight is 218 g/mol. The lowest BCUT2D eigenvalue weighted by molar-refractivity contribution is 0.0949. The number of imidazole rings is 1. The van der Waals surface area contributed by atoms with Gasteiger partial charge in [-0.3, -0.25) is 9.59 Å². The molecule has 0 aliphatic rings. The molecule has 2 aromatic heterocycles. The molecule has 82 valence electrons. The van der Waals surface area contributed by atoms with E-state index >= 15 is 0 Å². The summed E-state index contributed by atoms with van der Waals surface area (Å²) in [5, 5.41) is 2.61. The SMILES string of the molecule is O=C(NCc1cnc[nH]1)c1ccc[nH]c1=O. The van der Waals surface area contributed by atoms with Gasteiger partial charge in [-0.1, -0.05) is 0 Å². The number of hydrogen-bond donors (Lipinski definition) is 3. The minimum Gasteiger partial charge on any atom is -0.347 e. The molecule has 1 amide bonds. The van der Waals surface area contributed by atoms with Gasteiger partial charge in [0.25, 0.3) is 11.5 Å². The first-order chi connectivity index (χ1) is 7.77. The Labute approximate surface area is 90.7 Å². The zero-order chi connectivity index (χ0) is 11.4. The summed E-state index contributed by atoms with van der Waals surface area (Å²) >= 11 is 0. The van der Waals surface area contributed by atoms with E-state index in [0.29, 0.717) is 6.54 Å². The molecule has 0 saturated heterocycles. The maximum Gasteiger partial charge on any atom is 0.260 e. The number of amides is 1. The van der Waals surface area contributed by atoms with E-state index in [1.165, 1.54) is 18.6 Å². The Bertz CT molecular complexity index is 530. The first-order valence-corrected chi connectivity index (χ1v) is 4.70. The van der Waals surface area contributed by atoms with Crippen molar-refractivity contribution in [2.75, 3.05) is 0 Å². The van der Waals surface area contributed by atoms with Crippen LogP contribution in [-0.4, -0.2) is 20.9 Å². The highest BCUT2D eigenvalue weighted by Crippen LogP contribution is 1.93. The van der Waals surface area contributed by atoms with Crippen LogP contribution in [0.25, 0.3) is 0 Å². The lowest BCUT2D eigenvalue weighted by Crippen LogP contribution is -2.28. The summed E-state index contributed by atoms with van der Waals surface area (Å²) in [6.07, 6.45) is 4.61. The number of hydrogen-bond acceptors (Lipinski definition) is 3. The van der Waals surface area contributed by atoms with E-state index < -0.39 is 11.5 Å². The van der Waals surface area contributed by atoms with E-state index in [1.54, 1.807) is 12.3 Å². The van der Waals surface area contributed by atoms with Crippen molar-refractivity contribution in [3.05, 3.63) is 52.5 Å². The second kappa shape index (κ2) is 4.43. The third-order valence-electron chi connectivity index (χ3n) is 2.06. The van der Waals surface area contributed by atoms with E-state index in [1.807, 2.05) is 0 Å². The third-order valence-corrected chi connectivity index (χ3v) is 2.06. The van der Waals surface area contributed by atoms with Crippen LogP contribution >= 0.6 is 0 Å². The number of H-pyrrole nitrogens is 2. The second-order valence-corrected chi connectivity index (χ2v) is 3.17. The van der Waals surface area contributed by atoms with Gasteiger partial charge in [-0.2, -0.15) is 0 Å². The molecular formula is C10H10N4O2. The average Bonchev–Trinajstić information content (AvgIpc) is 2.79. The normalized spacial score (nSPS) is 10.0. The van der Waals surface area contributed by atoms with Gasteiger partial charge >= 0.3 is 0 Å². The molecule has 2 heterocycles. The van der Waals surface area contributed by atoms with E-state index in [2.05, 4.69) is 20.3 Å². The Kier molecular flexibility index (Phi) is 2.81. The summed E-state index contributed by atoms with van der Waals surface area (Å²) in [6.45, 7) is 0.313. The van der Waals surface area contributed by atoms with Gasteiger partial charge in [-0.15, -0.1) is 0 Å². The minimum atomic E-state index is -0.406. The molecule has 3 N–H and O–H groups in total. The van der Waals surface area contributed by atoms with Gasteiger partial charge in [0.15, 0.2) is 0 Å². The second-order valence-electron chi connectivity index (χ2n) is 3.17. The molecular weight excluding hydrogens is 208 g/mol. The van der Waals surface area contributed by atoms with Gasteiger partial charge in [-0.05, 0) is 12.1 Å². The summed E-state index contributed by atoms with van der Waals surface area (Å²) in [4.78, 5) is 32.0. The maximum absolute atomic E-state index is 11.6. The van der Waals surface area contributed by atoms with Crippen molar-refractivity contribution < 1.29 is 4.79 Å². The number of carbonyl (C=O) groups is 1. The number of nitrogens with one attached hydrogen (secondary N) is 3. The fourth-order valence-electron chi connectivity index (χ4n) is 1.25. The van der Waals surface area contributed by atoms with Gasteiger partial charge in [0.2, 0.25) is 0 Å². The number of aromatic nitrogens is 3. The molecule has 0 atom stereocenters. The predicted octanol–water partition coefficient (Wildman–Crippen LogP) is 0.0280. The summed E-state index contributed by atoms with van der Waals surface area (Å²) in [5.74, 6) is -0.406. The highest BCUT2D eigenvalue weighted by Gasteiger charge is 2.08. The lowest BCUT2D eigenvalue weighted by Gasteiger charge is -2.02. The molecule has 0 unspecified atom stereocenters. The van der Waals surface area contributed by atoms with Gasteiger partial charge in [0.1, 0.15) is 5.56 Å². The van der Waals surface area contributed by atoms with E-state index in [9.17, 15) is 9.59 Å². The van der Waals surface area contributed by atoms with Crippen molar-refractivity contribution in [3.63, 3.8) is 0 Å². The Hall–Kier alpha value is -2.37. The molecule has 0 spiro atoms. The minimum absolute atomic E-state index is 0.0991. The summed E-state index contributed by atoms with van der Waals surface area (Å²) in [7, 11) is 0. The molecule has 16 heavy (non-hydrogen) atoms. The molecule has 0 aliphatic heterocycles. The Morgan fingerprint density at radius 3 is 3.00 bits per heavy atom. The van der Waals surface area contributed by atoms with Crippen LogP contribution in [0.4, 0.5) is 0 Å². The van der Waals surface area contributed by atoms with Crippen LogP contribution in [0, 0.1) is 0 Å². The van der Waals surface area contributed by atoms with Gasteiger partial charge in [-0.25, -0.2) is 4.98 Å². The van der Waals surface area contributed by atoms with Crippen molar-refractivity contribution in [1.82, 2.24) is 20.3 Å². The number of nitrogens with zero attached hydrogens (tertiary/aromatic N) is 1. The number of pyridine rings is 1. The number of carbonyl (C=O) groups excluding carboxylic acids is 1. The first kappa shape index (κ1) is 10.2. The molecule has 0 aliphatic carbocycles. The van der Waals surface area contributed by atoms with Gasteiger partial charge in [0, 0.05) is 12.4 Å². The molecule has 2 aromatic rings. The zero-order valence-corrected chi connectivity index (χ0v) is 8.36. The van der Waals surface area contributed by atoms with E-state index in [-0.39, 0.29) is 5.56 Å². The molecule has 0 saturated carbocycles. The lowest BCUT2D eigenvalue weighted by atomic mass is 10.2. The fourth-order valence-corrected chi connectivity index (χ4v) is 1.25. The summed E-state index contributed by atoms with van der Waals surface area (Å²) in [5.41, 5.74) is 0.479. The van der Waals surface area contributed by atoms with Gasteiger partial charge < -0.3 is 15.3 Å². The highest BCUT2D eigenvalue weighted by atomic mass is 16.2. The van der Waals surface area contributed by atoms with Crippen molar-refractivity contribution in [3.8, 4) is 0 Å². The first-order valence-electron chi connectivity index (χ1n) is 4.70. The van der Waals surface area contributed by atoms with Crippen LogP contribution in [0.15, 0.2) is 35.6 Å². The van der Waals surface area contributed by atoms with Crippen LogP contribution in [0.2, 0.25) is 0 Å². The third kappa shape index (κ3) is 2.17. The predicted molar refractivity (Wildman–Crippen MR) is 56.8 cm³/mol. The highest BCUT2D eigenvalue weighted by molar-refractivity contribution is 5.93. The Balaban J connectivity index is 2.04. The van der Waals surface area contributed by atoms with Crippen LogP contribution in [-0.2, 0) is 6.54 Å². The zero-order valence-electron chi connectivity index (χ0n) is 8.36. The fraction of sp³-hybridized carbons (Fsp3) is 0.100. The van der Waals surface area contributed by atoms with Crippen molar-refractivity contribution in [2.24, 2.45) is 0 Å². The topological polar surface area (TPSA) is 90.6 Å². The van der Waals surface area contributed by atoms with Crippen LogP contribution in [0.1, 0.15) is 16.1 Å². The largest absolute Gasteiger partial charge is 0.347 e. The number of rotatable bonds is 3. The maximum atomic E-state index is 11.6. The monoisotopic (exact) mass is 218 g/mol. The van der Waals surface area contributed by atoms with E-state index in [0.717, 1.165) is 5.69 Å². The van der Waals surface area contributed by atoms with Crippen molar-refractivity contribution in [1.29, 1.82) is 0 Å². The van der Waals surface area contributed by atoms with Crippen LogP contribution in [0.3, 0.4) is 0 Å². The summed E-state index contributed by atoms with van der Waals surface area (Å²) < 4.78 is 0.